The van der Waals surface area contributed by atoms with Gasteiger partial charge in [-0.1, -0.05) is 0 Å². The average molecular weight is 236 g/mol. The molecule has 17 heavy (non-hydrogen) atoms. The minimum Gasteiger partial charge on any atom is -0.344 e. The largest absolute Gasteiger partial charge is 0.344 e. The van der Waals surface area contributed by atoms with E-state index in [1.54, 1.807) is 12.1 Å². The highest BCUT2D eigenvalue weighted by Gasteiger charge is 2.18. The molecule has 4 heteroatoms. The highest BCUT2D eigenvalue weighted by molar-refractivity contribution is 5.81. The average Bonchev–Trinajstić information content (AvgIpc) is 2.79. The van der Waals surface area contributed by atoms with Crippen LogP contribution in [-0.4, -0.2) is 17.7 Å². The van der Waals surface area contributed by atoms with Gasteiger partial charge in [-0.3, -0.25) is 0 Å². The molecule has 0 spiro atoms. The first-order valence-electron chi connectivity index (χ1n) is 5.92. The number of hydrogen-bond acceptors (Lipinski definition) is 1. The first-order chi connectivity index (χ1) is 8.27. The maximum atomic E-state index is 13.6. The van der Waals surface area contributed by atoms with Crippen LogP contribution in [-0.2, 0) is 0 Å². The van der Waals surface area contributed by atoms with Crippen molar-refractivity contribution in [3.63, 3.8) is 0 Å². The van der Waals surface area contributed by atoms with Crippen molar-refractivity contribution < 1.29 is 8.78 Å². The summed E-state index contributed by atoms with van der Waals surface area (Å²) < 4.78 is 28.8. The Hall–Kier alpha value is -1.42. The first kappa shape index (κ1) is 10.7. The Balaban J connectivity index is 2.08. The highest BCUT2D eigenvalue weighted by atomic mass is 19.2. The third-order valence-corrected chi connectivity index (χ3v) is 3.49. The van der Waals surface area contributed by atoms with Crippen LogP contribution in [0.5, 0.6) is 0 Å². The molecule has 90 valence electrons. The molecule has 0 atom stereocenters. The molecule has 0 amide bonds. The van der Waals surface area contributed by atoms with E-state index in [0.29, 0.717) is 11.4 Å². The van der Waals surface area contributed by atoms with Gasteiger partial charge in [0.2, 0.25) is 0 Å². The van der Waals surface area contributed by atoms with Gasteiger partial charge >= 0.3 is 0 Å². The quantitative estimate of drug-likeness (QED) is 0.805. The fourth-order valence-corrected chi connectivity index (χ4v) is 2.58. The Morgan fingerprint density at radius 1 is 1.12 bits per heavy atom. The molecular formula is C13H14F2N2. The zero-order chi connectivity index (χ0) is 11.8. The van der Waals surface area contributed by atoms with Crippen molar-refractivity contribution in [1.29, 1.82) is 0 Å². The smallest absolute Gasteiger partial charge is 0.168 e. The molecule has 1 saturated heterocycles. The van der Waals surface area contributed by atoms with E-state index in [4.69, 9.17) is 0 Å². The van der Waals surface area contributed by atoms with E-state index < -0.39 is 11.6 Å². The summed E-state index contributed by atoms with van der Waals surface area (Å²) in [5, 5.41) is 3.68. The SMILES string of the molecule is Fc1ccc2c(ccn2C2CCNCC2)c1F. The Kier molecular flexibility index (Phi) is 2.59. The van der Waals surface area contributed by atoms with Crippen molar-refractivity contribution in [2.24, 2.45) is 0 Å². The van der Waals surface area contributed by atoms with Gasteiger partial charge in [0.25, 0.3) is 0 Å². The van der Waals surface area contributed by atoms with Crippen LogP contribution in [0.15, 0.2) is 24.4 Å². The third kappa shape index (κ3) is 1.72. The fourth-order valence-electron chi connectivity index (χ4n) is 2.58. The molecule has 1 N–H and O–H groups in total. The van der Waals surface area contributed by atoms with Gasteiger partial charge in [0.1, 0.15) is 0 Å². The summed E-state index contributed by atoms with van der Waals surface area (Å²) >= 11 is 0. The van der Waals surface area contributed by atoms with E-state index in [1.807, 2.05) is 6.20 Å². The second kappa shape index (κ2) is 4.11. The molecule has 1 aromatic carbocycles. The number of piperidine rings is 1. The number of nitrogens with one attached hydrogen (secondary N) is 1. The summed E-state index contributed by atoms with van der Waals surface area (Å²) in [6, 6.07) is 4.92. The number of nitrogens with zero attached hydrogens (tertiary/aromatic N) is 1. The van der Waals surface area contributed by atoms with Gasteiger partial charge in [0, 0.05) is 17.6 Å². The van der Waals surface area contributed by atoms with Crippen molar-refractivity contribution in [2.45, 2.75) is 18.9 Å². The molecule has 3 rings (SSSR count). The molecular weight excluding hydrogens is 222 g/mol. The topological polar surface area (TPSA) is 17.0 Å². The number of halogens is 2. The summed E-state index contributed by atoms with van der Waals surface area (Å²) in [4.78, 5) is 0. The summed E-state index contributed by atoms with van der Waals surface area (Å²) in [5.74, 6) is -1.52. The van der Waals surface area contributed by atoms with Crippen LogP contribution in [0.1, 0.15) is 18.9 Å². The normalized spacial score (nSPS) is 17.8. The van der Waals surface area contributed by atoms with Crippen molar-refractivity contribution >= 4 is 10.9 Å². The van der Waals surface area contributed by atoms with Gasteiger partial charge in [-0.15, -0.1) is 0 Å². The highest BCUT2D eigenvalue weighted by Crippen LogP contribution is 2.27. The zero-order valence-electron chi connectivity index (χ0n) is 9.42. The lowest BCUT2D eigenvalue weighted by atomic mass is 10.1. The maximum absolute atomic E-state index is 13.6. The molecule has 1 aliphatic rings. The predicted molar refractivity (Wildman–Crippen MR) is 63.0 cm³/mol. The van der Waals surface area contributed by atoms with Crippen molar-refractivity contribution in [2.75, 3.05) is 13.1 Å². The van der Waals surface area contributed by atoms with E-state index >= 15 is 0 Å². The number of benzene rings is 1. The van der Waals surface area contributed by atoms with Gasteiger partial charge in [-0.05, 0) is 44.1 Å². The Labute approximate surface area is 98.2 Å². The van der Waals surface area contributed by atoms with Crippen LogP contribution in [0, 0.1) is 11.6 Å². The lowest BCUT2D eigenvalue weighted by molar-refractivity contribution is 0.376. The number of hydrogen-bond donors (Lipinski definition) is 1. The minimum atomic E-state index is -0.777. The van der Waals surface area contributed by atoms with E-state index in [-0.39, 0.29) is 0 Å². The summed E-state index contributed by atoms with van der Waals surface area (Å²) in [7, 11) is 0. The van der Waals surface area contributed by atoms with E-state index in [1.165, 1.54) is 6.07 Å². The number of fused-ring (bicyclic) bond motifs is 1. The van der Waals surface area contributed by atoms with Crippen LogP contribution >= 0.6 is 0 Å². The second-order valence-electron chi connectivity index (χ2n) is 4.50. The first-order valence-corrected chi connectivity index (χ1v) is 5.92. The monoisotopic (exact) mass is 236 g/mol. The molecule has 0 radical (unpaired) electrons. The Bertz CT molecular complexity index is 542. The van der Waals surface area contributed by atoms with Gasteiger partial charge in [0.15, 0.2) is 11.6 Å². The third-order valence-electron chi connectivity index (χ3n) is 3.49. The van der Waals surface area contributed by atoms with E-state index in [2.05, 4.69) is 9.88 Å². The maximum Gasteiger partial charge on any atom is 0.168 e. The van der Waals surface area contributed by atoms with Gasteiger partial charge in [-0.25, -0.2) is 8.78 Å². The van der Waals surface area contributed by atoms with Crippen LogP contribution < -0.4 is 5.32 Å². The van der Waals surface area contributed by atoms with Crippen LogP contribution in [0.3, 0.4) is 0 Å². The van der Waals surface area contributed by atoms with E-state index in [0.717, 1.165) is 31.4 Å². The molecule has 1 aliphatic heterocycles. The summed E-state index contributed by atoms with van der Waals surface area (Å²) in [6.07, 6.45) is 3.93. The molecule has 2 heterocycles. The van der Waals surface area contributed by atoms with Crippen LogP contribution in [0.4, 0.5) is 8.78 Å². The number of rotatable bonds is 1. The minimum absolute atomic E-state index is 0.378. The molecule has 1 aromatic heterocycles. The molecule has 0 unspecified atom stereocenters. The lowest BCUT2D eigenvalue weighted by Gasteiger charge is -2.25. The second-order valence-corrected chi connectivity index (χ2v) is 4.50. The summed E-state index contributed by atoms with van der Waals surface area (Å²) in [6.45, 7) is 1.96. The predicted octanol–water partition coefficient (Wildman–Crippen LogP) is 2.84. The van der Waals surface area contributed by atoms with Crippen molar-refractivity contribution in [1.82, 2.24) is 9.88 Å². The lowest BCUT2D eigenvalue weighted by Crippen LogP contribution is -2.29. The van der Waals surface area contributed by atoms with Gasteiger partial charge in [0.05, 0.1) is 5.52 Å². The number of aromatic nitrogens is 1. The van der Waals surface area contributed by atoms with Gasteiger partial charge < -0.3 is 9.88 Å². The van der Waals surface area contributed by atoms with Crippen molar-refractivity contribution in [3.05, 3.63) is 36.0 Å². The van der Waals surface area contributed by atoms with E-state index in [9.17, 15) is 8.78 Å². The molecule has 1 fully saturated rings. The standard InChI is InChI=1S/C13H14F2N2/c14-11-1-2-12-10(13(11)15)5-8-17(12)9-3-6-16-7-4-9/h1-2,5,8-9,16H,3-4,6-7H2. The van der Waals surface area contributed by atoms with Gasteiger partial charge in [-0.2, -0.15) is 0 Å². The molecule has 0 saturated carbocycles. The summed E-state index contributed by atoms with van der Waals surface area (Å²) in [5.41, 5.74) is 0.788. The zero-order valence-corrected chi connectivity index (χ0v) is 9.42. The molecule has 2 nitrogen and oxygen atoms in total. The molecule has 0 aliphatic carbocycles. The Morgan fingerprint density at radius 2 is 1.88 bits per heavy atom. The molecule has 2 aromatic rings. The Morgan fingerprint density at radius 3 is 2.65 bits per heavy atom. The van der Waals surface area contributed by atoms with Crippen LogP contribution in [0.25, 0.3) is 10.9 Å². The fraction of sp³-hybridized carbons (Fsp3) is 0.385. The van der Waals surface area contributed by atoms with Crippen LogP contribution in [0.2, 0.25) is 0 Å². The van der Waals surface area contributed by atoms with Crippen molar-refractivity contribution in [3.8, 4) is 0 Å². The molecule has 0 bridgehead atoms.